The van der Waals surface area contributed by atoms with E-state index in [0.29, 0.717) is 28.4 Å². The van der Waals surface area contributed by atoms with Gasteiger partial charge in [-0.3, -0.25) is 25.7 Å². The lowest BCUT2D eigenvalue weighted by Crippen LogP contribution is -2.04. The van der Waals surface area contributed by atoms with Gasteiger partial charge in [0.2, 0.25) is 5.95 Å². The number of para-hydroxylation sites is 2. The molecular formula is C25H21N9O7. The van der Waals surface area contributed by atoms with Gasteiger partial charge in [0.1, 0.15) is 11.6 Å². The normalized spacial score (nSPS) is 11.0. The molecule has 0 aliphatic rings. The number of benzene rings is 3. The molecule has 0 aliphatic carbocycles. The number of nitrogens with zero attached hydrogens (tertiary/aromatic N) is 6. The van der Waals surface area contributed by atoms with Crippen molar-refractivity contribution in [2.24, 2.45) is 10.2 Å². The van der Waals surface area contributed by atoms with Crippen molar-refractivity contribution in [3.63, 3.8) is 0 Å². The zero-order valence-corrected chi connectivity index (χ0v) is 21.1. The predicted molar refractivity (Wildman–Crippen MR) is 150 cm³/mol. The minimum absolute atomic E-state index is 0.0259. The smallest absolute Gasteiger partial charge is 0.310 e. The maximum absolute atomic E-state index is 10.9. The van der Waals surface area contributed by atoms with Gasteiger partial charge in [0.05, 0.1) is 35.1 Å². The van der Waals surface area contributed by atoms with Crippen LogP contribution in [0, 0.1) is 20.2 Å². The van der Waals surface area contributed by atoms with Crippen molar-refractivity contribution in [2.75, 3.05) is 23.3 Å². The summed E-state index contributed by atoms with van der Waals surface area (Å²) in [5.74, 6) is 0.102. The van der Waals surface area contributed by atoms with Crippen LogP contribution in [0.15, 0.2) is 76.9 Å². The van der Waals surface area contributed by atoms with Crippen molar-refractivity contribution in [1.82, 2.24) is 9.97 Å². The van der Waals surface area contributed by atoms with Crippen molar-refractivity contribution in [3.05, 3.63) is 98.1 Å². The Kier molecular flexibility index (Phi) is 8.44. The second kappa shape index (κ2) is 12.5. The van der Waals surface area contributed by atoms with Crippen molar-refractivity contribution in [1.29, 1.82) is 0 Å². The number of hydrazone groups is 2. The summed E-state index contributed by atoms with van der Waals surface area (Å²) in [6, 6.07) is 16.2. The monoisotopic (exact) mass is 559 g/mol. The van der Waals surface area contributed by atoms with E-state index in [0.717, 1.165) is 12.1 Å². The second-order valence-corrected chi connectivity index (χ2v) is 8.04. The Bertz CT molecular complexity index is 1570. The van der Waals surface area contributed by atoms with E-state index in [2.05, 4.69) is 36.3 Å². The third-order valence-corrected chi connectivity index (χ3v) is 5.26. The minimum Gasteiger partial charge on any atom is -0.502 e. The third kappa shape index (κ3) is 7.17. The number of hydrogen-bond donors (Lipinski definition) is 5. The van der Waals surface area contributed by atoms with Crippen molar-refractivity contribution < 1.29 is 24.8 Å². The SMILES string of the molecule is COc1ccccc1Nc1cc(NN=Cc2ccc([N+](=O)[O-])c(O)c2)nc(NN=Cc2ccc([N+](=O)[O-])c(O)c2)n1. The molecule has 1 aromatic heterocycles. The van der Waals surface area contributed by atoms with Gasteiger partial charge in [0, 0.05) is 18.2 Å². The number of anilines is 4. The average molecular weight is 559 g/mol. The molecule has 0 amide bonds. The second-order valence-electron chi connectivity index (χ2n) is 8.04. The number of rotatable bonds is 11. The van der Waals surface area contributed by atoms with Crippen molar-refractivity contribution in [2.45, 2.75) is 0 Å². The Morgan fingerprint density at radius 2 is 1.37 bits per heavy atom. The third-order valence-electron chi connectivity index (χ3n) is 5.26. The fourth-order valence-corrected chi connectivity index (χ4v) is 3.39. The molecule has 0 bridgehead atoms. The summed E-state index contributed by atoms with van der Waals surface area (Å²) in [6.45, 7) is 0. The Morgan fingerprint density at radius 3 is 1.93 bits per heavy atom. The number of methoxy groups -OCH3 is 1. The molecule has 208 valence electrons. The molecular weight excluding hydrogens is 538 g/mol. The first-order chi connectivity index (χ1) is 19.7. The van der Waals surface area contributed by atoms with E-state index in [4.69, 9.17) is 4.74 Å². The molecule has 0 atom stereocenters. The molecule has 16 heteroatoms. The van der Waals surface area contributed by atoms with Gasteiger partial charge in [0.15, 0.2) is 17.3 Å². The van der Waals surface area contributed by atoms with Gasteiger partial charge in [-0.15, -0.1) is 0 Å². The minimum atomic E-state index is -0.704. The molecule has 16 nitrogen and oxygen atoms in total. The van der Waals surface area contributed by atoms with Crippen LogP contribution in [0.3, 0.4) is 0 Å². The molecule has 5 N–H and O–H groups in total. The molecule has 4 aromatic rings. The quantitative estimate of drug-likeness (QED) is 0.0982. The number of phenolic OH excluding ortho intramolecular Hbond substituents is 2. The van der Waals surface area contributed by atoms with Crippen LogP contribution in [0.25, 0.3) is 0 Å². The Balaban J connectivity index is 1.57. The molecule has 4 rings (SSSR count). The fourth-order valence-electron chi connectivity index (χ4n) is 3.39. The lowest BCUT2D eigenvalue weighted by Gasteiger charge is -2.12. The van der Waals surface area contributed by atoms with Crippen molar-refractivity contribution in [3.8, 4) is 17.2 Å². The number of aromatic hydroxyl groups is 2. The number of hydrogen-bond acceptors (Lipinski definition) is 14. The molecule has 0 unspecified atom stereocenters. The standard InChI is InChI=1S/C25H21N9O7/c1-41-22-5-3-2-4-17(22)28-23-12-24(31-26-13-15-6-8-18(33(37)38)20(35)10-15)30-25(29-23)32-27-14-16-7-9-19(34(39)40)21(36)11-16/h2-14,35-36H,1H3,(H3,28,29,30,31,32). The summed E-state index contributed by atoms with van der Waals surface area (Å²) in [4.78, 5) is 29.0. The molecule has 0 radical (unpaired) electrons. The van der Waals surface area contributed by atoms with Gasteiger partial charge in [-0.2, -0.15) is 20.2 Å². The molecule has 0 saturated carbocycles. The highest BCUT2D eigenvalue weighted by atomic mass is 16.6. The van der Waals surface area contributed by atoms with Crippen LogP contribution in [0.5, 0.6) is 17.2 Å². The van der Waals surface area contributed by atoms with E-state index >= 15 is 0 Å². The highest BCUT2D eigenvalue weighted by Gasteiger charge is 2.13. The van der Waals surface area contributed by atoms with Crippen LogP contribution in [0.4, 0.5) is 34.6 Å². The van der Waals surface area contributed by atoms with Crippen LogP contribution in [-0.4, -0.2) is 49.6 Å². The van der Waals surface area contributed by atoms with E-state index in [1.165, 1.54) is 43.8 Å². The summed E-state index contributed by atoms with van der Waals surface area (Å²) in [6.07, 6.45) is 2.63. The average Bonchev–Trinajstić information content (AvgIpc) is 2.93. The van der Waals surface area contributed by atoms with Gasteiger partial charge in [0.25, 0.3) is 0 Å². The Morgan fingerprint density at radius 1 is 0.805 bits per heavy atom. The molecule has 1 heterocycles. The van der Waals surface area contributed by atoms with Crippen molar-refractivity contribution >= 4 is 47.1 Å². The first kappa shape index (κ1) is 27.7. The van der Waals surface area contributed by atoms with Gasteiger partial charge >= 0.3 is 11.4 Å². The van der Waals surface area contributed by atoms with E-state index in [1.54, 1.807) is 30.3 Å². The number of nitrogens with one attached hydrogen (secondary N) is 3. The lowest BCUT2D eigenvalue weighted by molar-refractivity contribution is -0.386. The summed E-state index contributed by atoms with van der Waals surface area (Å²) >= 11 is 0. The van der Waals surface area contributed by atoms with Gasteiger partial charge in [-0.05, 0) is 47.5 Å². The number of phenols is 2. The van der Waals surface area contributed by atoms with Crippen LogP contribution in [0.2, 0.25) is 0 Å². The number of aromatic nitrogens is 2. The zero-order valence-electron chi connectivity index (χ0n) is 21.1. The summed E-state index contributed by atoms with van der Waals surface area (Å²) in [5, 5.41) is 52.6. The van der Waals surface area contributed by atoms with E-state index in [-0.39, 0.29) is 11.8 Å². The molecule has 41 heavy (non-hydrogen) atoms. The summed E-state index contributed by atoms with van der Waals surface area (Å²) in [7, 11) is 1.52. The predicted octanol–water partition coefficient (Wildman–Crippen LogP) is 4.35. The molecule has 0 saturated heterocycles. The first-order valence-electron chi connectivity index (χ1n) is 11.6. The molecule has 3 aromatic carbocycles. The maximum Gasteiger partial charge on any atom is 0.310 e. The summed E-state index contributed by atoms with van der Waals surface area (Å²) in [5.41, 5.74) is 5.87. The molecule has 0 fully saturated rings. The highest BCUT2D eigenvalue weighted by molar-refractivity contribution is 5.82. The van der Waals surface area contributed by atoms with E-state index in [9.17, 15) is 30.4 Å². The largest absolute Gasteiger partial charge is 0.502 e. The zero-order chi connectivity index (χ0) is 29.4. The van der Waals surface area contributed by atoms with E-state index in [1.807, 2.05) is 0 Å². The lowest BCUT2D eigenvalue weighted by atomic mass is 10.2. The highest BCUT2D eigenvalue weighted by Crippen LogP contribution is 2.28. The number of nitro groups is 2. The van der Waals surface area contributed by atoms with Gasteiger partial charge in [-0.25, -0.2) is 5.43 Å². The van der Waals surface area contributed by atoms with Crippen LogP contribution < -0.4 is 20.9 Å². The number of ether oxygens (including phenoxy) is 1. The maximum atomic E-state index is 10.9. The fraction of sp³-hybridized carbons (Fsp3) is 0.0400. The van der Waals surface area contributed by atoms with Crippen LogP contribution >= 0.6 is 0 Å². The van der Waals surface area contributed by atoms with Crippen LogP contribution in [0.1, 0.15) is 11.1 Å². The Hall–Kier alpha value is -6.32. The van der Waals surface area contributed by atoms with Crippen LogP contribution in [-0.2, 0) is 0 Å². The molecule has 0 spiro atoms. The van der Waals surface area contributed by atoms with Gasteiger partial charge < -0.3 is 20.3 Å². The Labute approximate surface area is 231 Å². The number of nitro benzene ring substituents is 2. The molecule has 0 aliphatic heterocycles. The summed E-state index contributed by atoms with van der Waals surface area (Å²) < 4.78 is 5.36. The topological polar surface area (TPSA) is 223 Å². The first-order valence-corrected chi connectivity index (χ1v) is 11.6. The van der Waals surface area contributed by atoms with E-state index < -0.39 is 32.7 Å². The van der Waals surface area contributed by atoms with Gasteiger partial charge in [-0.1, -0.05) is 12.1 Å².